The van der Waals surface area contributed by atoms with Crippen LogP contribution < -0.4 is 19.5 Å². The molecule has 0 aromatic heterocycles. The molecule has 2 aromatic carbocycles. The van der Waals surface area contributed by atoms with Crippen molar-refractivity contribution in [2.24, 2.45) is 0 Å². The molecular weight excluding hydrogens is 350 g/mol. The van der Waals surface area contributed by atoms with Crippen molar-refractivity contribution in [2.75, 3.05) is 20.8 Å². The summed E-state index contributed by atoms with van der Waals surface area (Å²) in [6, 6.07) is 12.4. The first-order chi connectivity index (χ1) is 13.0. The number of rotatable bonds is 10. The Labute approximate surface area is 157 Å². The third-order valence-electron chi connectivity index (χ3n) is 3.83. The maximum atomic E-state index is 12.4. The molecule has 144 valence electrons. The molecule has 0 spiro atoms. The second kappa shape index (κ2) is 10.1. The highest BCUT2D eigenvalue weighted by atomic mass is 16.5. The Kier molecular flexibility index (Phi) is 7.49. The number of nitrogens with one attached hydrogen (secondary N) is 1. The number of hydrogen-bond donors (Lipinski definition) is 2. The lowest BCUT2D eigenvalue weighted by molar-refractivity contribution is -0.137. The molecule has 0 aliphatic carbocycles. The number of amides is 1. The summed E-state index contributed by atoms with van der Waals surface area (Å²) in [5.74, 6) is 0.444. The molecule has 0 unspecified atom stereocenters. The number of carboxylic acid groups (broad SMARTS) is 1. The van der Waals surface area contributed by atoms with Crippen LogP contribution in [0.25, 0.3) is 0 Å². The highest BCUT2D eigenvalue weighted by Gasteiger charge is 2.15. The van der Waals surface area contributed by atoms with Crippen LogP contribution in [-0.4, -0.2) is 37.8 Å². The van der Waals surface area contributed by atoms with Crippen LogP contribution in [-0.2, 0) is 11.3 Å². The third-order valence-corrected chi connectivity index (χ3v) is 3.83. The van der Waals surface area contributed by atoms with Crippen molar-refractivity contribution >= 4 is 11.9 Å². The van der Waals surface area contributed by atoms with Gasteiger partial charge in [0.2, 0.25) is 0 Å². The standard InChI is InChI=1S/C20H23NO6/c1-25-17-6-3-5-16(19(17)26-2)20(24)21-13-14-8-10-15(11-9-14)27-12-4-7-18(22)23/h3,5-6,8-11H,4,7,12-13H2,1-2H3,(H,21,24)(H,22,23). The number of hydrogen-bond acceptors (Lipinski definition) is 5. The molecule has 2 rings (SSSR count). The fourth-order valence-corrected chi connectivity index (χ4v) is 2.46. The minimum absolute atomic E-state index is 0.0812. The Morgan fingerprint density at radius 1 is 1.04 bits per heavy atom. The van der Waals surface area contributed by atoms with Crippen LogP contribution in [0.1, 0.15) is 28.8 Å². The summed E-state index contributed by atoms with van der Waals surface area (Å²) >= 11 is 0. The van der Waals surface area contributed by atoms with E-state index in [0.29, 0.717) is 42.4 Å². The van der Waals surface area contributed by atoms with Gasteiger partial charge < -0.3 is 24.6 Å². The van der Waals surface area contributed by atoms with Crippen LogP contribution in [0.3, 0.4) is 0 Å². The van der Waals surface area contributed by atoms with Crippen molar-refractivity contribution in [1.29, 1.82) is 0 Å². The predicted molar refractivity (Wildman–Crippen MR) is 99.5 cm³/mol. The van der Waals surface area contributed by atoms with Gasteiger partial charge in [0.15, 0.2) is 11.5 Å². The Balaban J connectivity index is 1.89. The second-order valence-electron chi connectivity index (χ2n) is 5.71. The lowest BCUT2D eigenvalue weighted by Gasteiger charge is -2.13. The minimum atomic E-state index is -0.836. The molecule has 0 saturated carbocycles. The van der Waals surface area contributed by atoms with Gasteiger partial charge in [0.05, 0.1) is 26.4 Å². The second-order valence-corrected chi connectivity index (χ2v) is 5.71. The molecule has 0 fully saturated rings. The van der Waals surface area contributed by atoms with E-state index in [4.69, 9.17) is 19.3 Å². The fraction of sp³-hybridized carbons (Fsp3) is 0.300. The van der Waals surface area contributed by atoms with Gasteiger partial charge in [0.1, 0.15) is 5.75 Å². The first-order valence-corrected chi connectivity index (χ1v) is 8.48. The van der Waals surface area contributed by atoms with Gasteiger partial charge in [-0.05, 0) is 36.2 Å². The van der Waals surface area contributed by atoms with Gasteiger partial charge in [0.25, 0.3) is 5.91 Å². The maximum absolute atomic E-state index is 12.4. The van der Waals surface area contributed by atoms with E-state index in [2.05, 4.69) is 5.32 Å². The molecular formula is C20H23NO6. The molecule has 0 heterocycles. The topological polar surface area (TPSA) is 94.1 Å². The van der Waals surface area contributed by atoms with Crippen molar-refractivity contribution in [3.63, 3.8) is 0 Å². The number of aliphatic carboxylic acids is 1. The summed E-state index contributed by atoms with van der Waals surface area (Å²) in [4.78, 5) is 22.9. The maximum Gasteiger partial charge on any atom is 0.303 e. The highest BCUT2D eigenvalue weighted by molar-refractivity contribution is 5.97. The van der Waals surface area contributed by atoms with Crippen molar-refractivity contribution in [1.82, 2.24) is 5.32 Å². The number of carbonyl (C=O) groups excluding carboxylic acids is 1. The summed E-state index contributed by atoms with van der Waals surface area (Å²) in [5.41, 5.74) is 1.30. The molecule has 0 saturated heterocycles. The third kappa shape index (κ3) is 5.91. The molecule has 0 radical (unpaired) electrons. The van der Waals surface area contributed by atoms with Crippen molar-refractivity contribution in [3.8, 4) is 17.2 Å². The number of ether oxygens (including phenoxy) is 3. The van der Waals surface area contributed by atoms with E-state index in [9.17, 15) is 9.59 Å². The highest BCUT2D eigenvalue weighted by Crippen LogP contribution is 2.30. The van der Waals surface area contributed by atoms with Gasteiger partial charge in [-0.1, -0.05) is 18.2 Å². The smallest absolute Gasteiger partial charge is 0.303 e. The lowest BCUT2D eigenvalue weighted by Crippen LogP contribution is -2.23. The van der Waals surface area contributed by atoms with Crippen LogP contribution in [0, 0.1) is 0 Å². The van der Waals surface area contributed by atoms with E-state index >= 15 is 0 Å². The van der Waals surface area contributed by atoms with E-state index in [-0.39, 0.29) is 12.3 Å². The normalized spacial score (nSPS) is 10.1. The van der Waals surface area contributed by atoms with Crippen molar-refractivity contribution in [2.45, 2.75) is 19.4 Å². The van der Waals surface area contributed by atoms with Gasteiger partial charge in [0, 0.05) is 13.0 Å². The van der Waals surface area contributed by atoms with E-state index < -0.39 is 5.97 Å². The number of carbonyl (C=O) groups is 2. The summed E-state index contributed by atoms with van der Waals surface area (Å²) in [7, 11) is 3.01. The van der Waals surface area contributed by atoms with E-state index in [1.807, 2.05) is 12.1 Å². The van der Waals surface area contributed by atoms with Gasteiger partial charge in [-0.2, -0.15) is 0 Å². The first kappa shape index (κ1) is 20.1. The average Bonchev–Trinajstić information content (AvgIpc) is 2.69. The fourth-order valence-electron chi connectivity index (χ4n) is 2.46. The van der Waals surface area contributed by atoms with Gasteiger partial charge in [-0.3, -0.25) is 9.59 Å². The van der Waals surface area contributed by atoms with E-state index in [1.54, 1.807) is 30.3 Å². The van der Waals surface area contributed by atoms with Crippen LogP contribution >= 0.6 is 0 Å². The lowest BCUT2D eigenvalue weighted by atomic mass is 10.1. The molecule has 2 N–H and O–H groups in total. The summed E-state index contributed by atoms with van der Waals surface area (Å²) in [6.45, 7) is 0.691. The summed E-state index contributed by atoms with van der Waals surface area (Å²) < 4.78 is 16.0. The predicted octanol–water partition coefficient (Wildman–Crippen LogP) is 2.88. The molecule has 0 aliphatic rings. The van der Waals surface area contributed by atoms with Crippen molar-refractivity contribution in [3.05, 3.63) is 53.6 Å². The van der Waals surface area contributed by atoms with Crippen LogP contribution in [0.5, 0.6) is 17.2 Å². The monoisotopic (exact) mass is 373 g/mol. The van der Waals surface area contributed by atoms with Gasteiger partial charge in [-0.15, -0.1) is 0 Å². The van der Waals surface area contributed by atoms with Crippen LogP contribution in [0.4, 0.5) is 0 Å². The zero-order valence-corrected chi connectivity index (χ0v) is 15.4. The molecule has 7 nitrogen and oxygen atoms in total. The molecule has 0 atom stereocenters. The Morgan fingerprint density at radius 3 is 2.41 bits per heavy atom. The summed E-state index contributed by atoms with van der Waals surface area (Å²) in [6.07, 6.45) is 0.535. The Hall–Kier alpha value is -3.22. The zero-order valence-electron chi connectivity index (χ0n) is 15.4. The molecule has 27 heavy (non-hydrogen) atoms. The minimum Gasteiger partial charge on any atom is -0.494 e. The molecule has 1 amide bonds. The van der Waals surface area contributed by atoms with Crippen LogP contribution in [0.15, 0.2) is 42.5 Å². The van der Waals surface area contributed by atoms with Gasteiger partial charge >= 0.3 is 5.97 Å². The zero-order chi connectivity index (χ0) is 19.6. The number of carboxylic acids is 1. The van der Waals surface area contributed by atoms with Gasteiger partial charge in [-0.25, -0.2) is 0 Å². The molecule has 7 heteroatoms. The molecule has 2 aromatic rings. The van der Waals surface area contributed by atoms with E-state index in [1.165, 1.54) is 14.2 Å². The Morgan fingerprint density at radius 2 is 1.78 bits per heavy atom. The first-order valence-electron chi connectivity index (χ1n) is 8.48. The van der Waals surface area contributed by atoms with Crippen LogP contribution in [0.2, 0.25) is 0 Å². The van der Waals surface area contributed by atoms with E-state index in [0.717, 1.165) is 5.56 Å². The molecule has 0 bridgehead atoms. The van der Waals surface area contributed by atoms with Crippen molar-refractivity contribution < 1.29 is 28.9 Å². The SMILES string of the molecule is COc1cccc(C(=O)NCc2ccc(OCCCC(=O)O)cc2)c1OC. The quantitative estimate of drug-likeness (QED) is 0.622. The average molecular weight is 373 g/mol. The molecule has 0 aliphatic heterocycles. The number of benzene rings is 2. The summed E-state index contributed by atoms with van der Waals surface area (Å²) in [5, 5.41) is 11.4. The number of methoxy groups -OCH3 is 2. The Bertz CT molecular complexity index is 773. The largest absolute Gasteiger partial charge is 0.494 e. The number of para-hydroxylation sites is 1.